The van der Waals surface area contributed by atoms with Gasteiger partial charge in [0.05, 0.1) is 12.0 Å². The molecule has 1 atom stereocenters. The highest BCUT2D eigenvalue weighted by atomic mass is 14.9. The van der Waals surface area contributed by atoms with Gasteiger partial charge in [-0.2, -0.15) is 5.26 Å². The minimum Gasteiger partial charge on any atom is -0.312 e. The molecule has 2 fully saturated rings. The Balaban J connectivity index is 1.73. The van der Waals surface area contributed by atoms with Crippen LogP contribution in [-0.2, 0) is 0 Å². The summed E-state index contributed by atoms with van der Waals surface area (Å²) in [4.78, 5) is 0. The van der Waals surface area contributed by atoms with E-state index in [2.05, 4.69) is 11.4 Å². The first-order valence-electron chi connectivity index (χ1n) is 5.44. The third-order valence-electron chi connectivity index (χ3n) is 3.14. The zero-order valence-electron chi connectivity index (χ0n) is 8.29. The maximum atomic E-state index is 8.67. The lowest BCUT2D eigenvalue weighted by atomic mass is 10.1. The molecule has 2 heteroatoms. The smallest absolute Gasteiger partial charge is 0.0666 e. The van der Waals surface area contributed by atoms with Crippen LogP contribution in [0.4, 0.5) is 0 Å². The van der Waals surface area contributed by atoms with Crippen molar-refractivity contribution >= 4 is 0 Å². The van der Waals surface area contributed by atoms with Gasteiger partial charge in [0.15, 0.2) is 0 Å². The molecule has 2 saturated carbocycles. The van der Waals surface area contributed by atoms with E-state index in [1.807, 2.05) is 6.92 Å². The molecule has 1 unspecified atom stereocenters. The minimum atomic E-state index is 0.167. The van der Waals surface area contributed by atoms with Crippen LogP contribution in [0.2, 0.25) is 0 Å². The molecule has 0 aromatic rings. The summed E-state index contributed by atoms with van der Waals surface area (Å²) in [5.74, 6) is 2.05. The summed E-state index contributed by atoms with van der Waals surface area (Å²) in [7, 11) is 0. The summed E-state index contributed by atoms with van der Waals surface area (Å²) in [5.41, 5.74) is 0. The summed E-state index contributed by atoms with van der Waals surface area (Å²) in [6.07, 6.45) is 5.65. The highest BCUT2D eigenvalue weighted by Crippen LogP contribution is 2.44. The number of hydrogen-bond acceptors (Lipinski definition) is 2. The zero-order valence-corrected chi connectivity index (χ0v) is 8.29. The van der Waals surface area contributed by atoms with Gasteiger partial charge < -0.3 is 5.32 Å². The minimum absolute atomic E-state index is 0.167. The Kier molecular flexibility index (Phi) is 2.55. The van der Waals surface area contributed by atoms with Crippen molar-refractivity contribution in [3.05, 3.63) is 0 Å². The SMILES string of the molecule is CC(C#N)CNC(C1CC1)C1CC1. The average Bonchev–Trinajstić information content (AvgIpc) is 2.98. The Hall–Kier alpha value is -0.550. The van der Waals surface area contributed by atoms with Crippen molar-refractivity contribution in [3.63, 3.8) is 0 Å². The van der Waals surface area contributed by atoms with Gasteiger partial charge >= 0.3 is 0 Å². The van der Waals surface area contributed by atoms with Gasteiger partial charge in [-0.1, -0.05) is 0 Å². The first-order chi connectivity index (χ1) is 6.31. The molecular weight excluding hydrogens is 160 g/mol. The largest absolute Gasteiger partial charge is 0.312 e. The van der Waals surface area contributed by atoms with Gasteiger partial charge in [0.25, 0.3) is 0 Å². The Morgan fingerprint density at radius 2 is 1.85 bits per heavy atom. The van der Waals surface area contributed by atoms with E-state index in [4.69, 9.17) is 5.26 Å². The van der Waals surface area contributed by atoms with E-state index in [9.17, 15) is 0 Å². The molecule has 2 aliphatic carbocycles. The van der Waals surface area contributed by atoms with E-state index in [0.717, 1.165) is 24.4 Å². The van der Waals surface area contributed by atoms with Crippen molar-refractivity contribution in [2.75, 3.05) is 6.54 Å². The van der Waals surface area contributed by atoms with Gasteiger partial charge in [0, 0.05) is 12.6 Å². The first kappa shape index (κ1) is 9.02. The summed E-state index contributed by atoms with van der Waals surface area (Å²) in [6, 6.07) is 3.02. The lowest BCUT2D eigenvalue weighted by Crippen LogP contribution is -2.35. The second-order valence-corrected chi connectivity index (χ2v) is 4.64. The van der Waals surface area contributed by atoms with Gasteiger partial charge in [-0.15, -0.1) is 0 Å². The summed E-state index contributed by atoms with van der Waals surface area (Å²) >= 11 is 0. The van der Waals surface area contributed by atoms with Crippen molar-refractivity contribution in [3.8, 4) is 6.07 Å². The van der Waals surface area contributed by atoms with Gasteiger partial charge in [-0.25, -0.2) is 0 Å². The third kappa shape index (κ3) is 2.45. The Morgan fingerprint density at radius 3 is 2.23 bits per heavy atom. The van der Waals surface area contributed by atoms with E-state index in [0.29, 0.717) is 0 Å². The number of hydrogen-bond donors (Lipinski definition) is 1. The van der Waals surface area contributed by atoms with Crippen LogP contribution in [0, 0.1) is 29.1 Å². The molecule has 13 heavy (non-hydrogen) atoms. The van der Waals surface area contributed by atoms with Crippen LogP contribution in [0.1, 0.15) is 32.6 Å². The van der Waals surface area contributed by atoms with Crippen LogP contribution in [0.5, 0.6) is 0 Å². The Bertz CT molecular complexity index is 199. The van der Waals surface area contributed by atoms with Crippen LogP contribution in [-0.4, -0.2) is 12.6 Å². The molecule has 0 amide bonds. The Labute approximate surface area is 80.3 Å². The van der Waals surface area contributed by atoms with Crippen LogP contribution in [0.25, 0.3) is 0 Å². The quantitative estimate of drug-likeness (QED) is 0.698. The van der Waals surface area contributed by atoms with Crippen LogP contribution in [0.15, 0.2) is 0 Å². The standard InChI is InChI=1S/C11H18N2/c1-8(6-12)7-13-11(9-2-3-9)10-4-5-10/h8-11,13H,2-5,7H2,1H3. The van der Waals surface area contributed by atoms with Crippen LogP contribution >= 0.6 is 0 Å². The van der Waals surface area contributed by atoms with E-state index in [1.165, 1.54) is 25.7 Å². The van der Waals surface area contributed by atoms with Crippen LogP contribution < -0.4 is 5.32 Å². The number of nitrogens with one attached hydrogen (secondary N) is 1. The molecule has 0 aromatic heterocycles. The molecule has 0 aliphatic heterocycles. The summed E-state index contributed by atoms with van der Waals surface area (Å²) in [6.45, 7) is 2.87. The van der Waals surface area contributed by atoms with E-state index in [-0.39, 0.29) is 5.92 Å². The molecular formula is C11H18N2. The van der Waals surface area contributed by atoms with Gasteiger partial charge in [-0.3, -0.25) is 0 Å². The highest BCUT2D eigenvalue weighted by Gasteiger charge is 2.40. The second-order valence-electron chi connectivity index (χ2n) is 4.64. The predicted octanol–water partition coefficient (Wildman–Crippen LogP) is 1.92. The molecule has 0 bridgehead atoms. The molecule has 0 heterocycles. The van der Waals surface area contributed by atoms with E-state index in [1.54, 1.807) is 0 Å². The van der Waals surface area contributed by atoms with Gasteiger partial charge in [-0.05, 0) is 44.4 Å². The van der Waals surface area contributed by atoms with Crippen molar-refractivity contribution in [2.24, 2.45) is 17.8 Å². The number of nitrogens with zero attached hydrogens (tertiary/aromatic N) is 1. The molecule has 1 N–H and O–H groups in total. The monoisotopic (exact) mass is 178 g/mol. The van der Waals surface area contributed by atoms with E-state index < -0.39 is 0 Å². The fourth-order valence-corrected chi connectivity index (χ4v) is 1.99. The first-order valence-corrected chi connectivity index (χ1v) is 5.44. The van der Waals surface area contributed by atoms with Crippen molar-refractivity contribution < 1.29 is 0 Å². The third-order valence-corrected chi connectivity index (χ3v) is 3.14. The zero-order chi connectivity index (χ0) is 9.26. The Morgan fingerprint density at radius 1 is 1.31 bits per heavy atom. The lowest BCUT2D eigenvalue weighted by Gasteiger charge is -2.18. The van der Waals surface area contributed by atoms with Gasteiger partial charge in [0.2, 0.25) is 0 Å². The number of nitriles is 1. The summed E-state index contributed by atoms with van der Waals surface area (Å²) in [5, 5.41) is 12.2. The fraction of sp³-hybridized carbons (Fsp3) is 0.909. The molecule has 0 aromatic carbocycles. The van der Waals surface area contributed by atoms with Crippen molar-refractivity contribution in [1.82, 2.24) is 5.32 Å². The molecule has 2 aliphatic rings. The lowest BCUT2D eigenvalue weighted by molar-refractivity contribution is 0.402. The summed E-state index contributed by atoms with van der Waals surface area (Å²) < 4.78 is 0. The highest BCUT2D eigenvalue weighted by molar-refractivity contribution is 4.97. The molecule has 0 spiro atoms. The molecule has 0 saturated heterocycles. The predicted molar refractivity (Wildman–Crippen MR) is 52.0 cm³/mol. The molecule has 0 radical (unpaired) electrons. The molecule has 2 nitrogen and oxygen atoms in total. The maximum Gasteiger partial charge on any atom is 0.0666 e. The molecule has 2 rings (SSSR count). The maximum absolute atomic E-state index is 8.67. The fourth-order valence-electron chi connectivity index (χ4n) is 1.99. The van der Waals surface area contributed by atoms with Crippen molar-refractivity contribution in [2.45, 2.75) is 38.6 Å². The topological polar surface area (TPSA) is 35.8 Å². The molecule has 72 valence electrons. The van der Waals surface area contributed by atoms with Crippen LogP contribution in [0.3, 0.4) is 0 Å². The normalized spacial score (nSPS) is 24.4. The number of rotatable bonds is 5. The van der Waals surface area contributed by atoms with E-state index >= 15 is 0 Å². The second kappa shape index (κ2) is 3.67. The van der Waals surface area contributed by atoms with Crippen molar-refractivity contribution in [1.29, 1.82) is 5.26 Å². The van der Waals surface area contributed by atoms with Gasteiger partial charge in [0.1, 0.15) is 0 Å². The average molecular weight is 178 g/mol.